The Labute approximate surface area is 66.4 Å². The van der Waals surface area contributed by atoms with Crippen LogP contribution in [0.2, 0.25) is 0 Å². The van der Waals surface area contributed by atoms with Gasteiger partial charge in [-0.3, -0.25) is 0 Å². The Kier molecular flexibility index (Phi) is 3.28. The molecule has 0 atom stereocenters. The molecule has 56 valence electrons. The molecule has 11 heavy (non-hydrogen) atoms. The van der Waals surface area contributed by atoms with Crippen molar-refractivity contribution in [1.29, 1.82) is 0 Å². The summed E-state index contributed by atoms with van der Waals surface area (Å²) >= 11 is 0. The summed E-state index contributed by atoms with van der Waals surface area (Å²) in [5.41, 5.74) is 1.06. The molecule has 3 heteroatoms. The molecule has 1 rings (SSSR count). The molecule has 0 saturated heterocycles. The quantitative estimate of drug-likeness (QED) is 0.510. The van der Waals surface area contributed by atoms with Crippen molar-refractivity contribution in [2.24, 2.45) is 0 Å². The first-order valence-corrected chi connectivity index (χ1v) is 3.37. The Bertz CT molecular complexity index is 221. The maximum absolute atomic E-state index is 8.27. The minimum atomic E-state index is -0.274. The number of rotatable bonds is 3. The van der Waals surface area contributed by atoms with Crippen molar-refractivity contribution in [1.82, 2.24) is 0 Å². The molecule has 0 heterocycles. The lowest BCUT2D eigenvalue weighted by atomic mass is 10.2. The molecule has 0 bridgehead atoms. The minimum absolute atomic E-state index is 0.274. The van der Waals surface area contributed by atoms with Crippen LogP contribution in [0.15, 0.2) is 36.6 Å². The summed E-state index contributed by atoms with van der Waals surface area (Å²) < 4.78 is 4.61. The van der Waals surface area contributed by atoms with E-state index >= 15 is 0 Å². The first-order valence-electron chi connectivity index (χ1n) is 3.37. The van der Waals surface area contributed by atoms with E-state index in [1.807, 2.05) is 30.3 Å². The smallest absolute Gasteiger partial charge is 0.503 e. The number of hydrogen-bond donors (Lipinski definition) is 1. The zero-order valence-corrected chi connectivity index (χ0v) is 6.10. The van der Waals surface area contributed by atoms with Crippen LogP contribution >= 0.6 is 0 Å². The van der Waals surface area contributed by atoms with E-state index in [9.17, 15) is 0 Å². The van der Waals surface area contributed by atoms with Crippen molar-refractivity contribution in [3.8, 4) is 0 Å². The summed E-state index contributed by atoms with van der Waals surface area (Å²) in [6, 6.07) is 9.75. The maximum Gasteiger partial charge on any atom is 0.503 e. The minimum Gasteiger partial charge on any atom is -0.545 e. The van der Waals surface area contributed by atoms with Crippen molar-refractivity contribution in [3.05, 3.63) is 42.2 Å². The van der Waals surface area contributed by atoms with E-state index in [1.165, 1.54) is 6.26 Å². The molecule has 0 saturated carbocycles. The third-order valence-electron chi connectivity index (χ3n) is 1.23. The number of benzene rings is 1. The molecule has 1 N–H and O–H groups in total. The molecule has 0 unspecified atom stereocenters. The van der Waals surface area contributed by atoms with Gasteiger partial charge >= 0.3 is 7.69 Å². The first-order chi connectivity index (χ1) is 5.43. The van der Waals surface area contributed by atoms with Crippen LogP contribution in [-0.2, 0) is 4.65 Å². The molecule has 0 aliphatic carbocycles. The van der Waals surface area contributed by atoms with Gasteiger partial charge in [0.25, 0.3) is 0 Å². The lowest BCUT2D eigenvalue weighted by Crippen LogP contribution is -1.86. The van der Waals surface area contributed by atoms with Gasteiger partial charge in [0, 0.05) is 0 Å². The van der Waals surface area contributed by atoms with Crippen LogP contribution in [0.5, 0.6) is 0 Å². The SMILES string of the molecule is OBOC=Cc1ccccc1. The predicted molar refractivity (Wildman–Crippen MR) is 45.9 cm³/mol. The highest BCUT2D eigenvalue weighted by Gasteiger charge is 1.81. The van der Waals surface area contributed by atoms with Crippen LogP contribution in [0.4, 0.5) is 0 Å². The second-order valence-electron chi connectivity index (χ2n) is 2.01. The summed E-state index contributed by atoms with van der Waals surface area (Å²) in [6.07, 6.45) is 3.26. The molecule has 0 aliphatic rings. The Morgan fingerprint density at radius 2 is 2.00 bits per heavy atom. The fraction of sp³-hybridized carbons (Fsp3) is 0. The van der Waals surface area contributed by atoms with E-state index in [0.717, 1.165) is 5.56 Å². The van der Waals surface area contributed by atoms with Crippen molar-refractivity contribution in [2.45, 2.75) is 0 Å². The van der Waals surface area contributed by atoms with Gasteiger partial charge in [0.15, 0.2) is 0 Å². The molecule has 1 aromatic rings. The molecule has 0 fully saturated rings. The van der Waals surface area contributed by atoms with E-state index in [4.69, 9.17) is 5.02 Å². The van der Waals surface area contributed by atoms with Gasteiger partial charge < -0.3 is 9.68 Å². The van der Waals surface area contributed by atoms with E-state index in [1.54, 1.807) is 6.08 Å². The summed E-state index contributed by atoms with van der Waals surface area (Å²) in [7, 11) is -0.274. The maximum atomic E-state index is 8.27. The van der Waals surface area contributed by atoms with E-state index < -0.39 is 0 Å². The average molecular weight is 148 g/mol. The van der Waals surface area contributed by atoms with Gasteiger partial charge in [-0.05, 0) is 11.6 Å². The Morgan fingerprint density at radius 3 is 2.64 bits per heavy atom. The molecule has 0 amide bonds. The zero-order valence-electron chi connectivity index (χ0n) is 6.10. The molecule has 0 aliphatic heterocycles. The summed E-state index contributed by atoms with van der Waals surface area (Å²) in [4.78, 5) is 0. The lowest BCUT2D eigenvalue weighted by Gasteiger charge is -1.91. The summed E-state index contributed by atoms with van der Waals surface area (Å²) in [5, 5.41) is 8.27. The van der Waals surface area contributed by atoms with Crippen LogP contribution in [0.1, 0.15) is 5.56 Å². The molecule has 0 spiro atoms. The van der Waals surface area contributed by atoms with Crippen LogP contribution in [0.25, 0.3) is 6.08 Å². The molecule has 0 radical (unpaired) electrons. The molecule has 2 nitrogen and oxygen atoms in total. The highest BCUT2D eigenvalue weighted by Crippen LogP contribution is 2.00. The summed E-state index contributed by atoms with van der Waals surface area (Å²) in [6.45, 7) is 0. The average Bonchev–Trinajstić information content (AvgIpc) is 2.07. The Balaban J connectivity index is 2.50. The van der Waals surface area contributed by atoms with Gasteiger partial charge in [-0.2, -0.15) is 0 Å². The summed E-state index contributed by atoms with van der Waals surface area (Å²) in [5.74, 6) is 0. The van der Waals surface area contributed by atoms with Crippen LogP contribution in [-0.4, -0.2) is 12.7 Å². The fourth-order valence-corrected chi connectivity index (χ4v) is 0.734. The number of hydrogen-bond acceptors (Lipinski definition) is 2. The zero-order chi connectivity index (χ0) is 7.94. The Hall–Kier alpha value is -1.22. The topological polar surface area (TPSA) is 29.5 Å². The van der Waals surface area contributed by atoms with Crippen LogP contribution in [0, 0.1) is 0 Å². The second kappa shape index (κ2) is 4.58. The van der Waals surface area contributed by atoms with Crippen molar-refractivity contribution < 1.29 is 9.68 Å². The van der Waals surface area contributed by atoms with Gasteiger partial charge in [0.05, 0.1) is 6.26 Å². The van der Waals surface area contributed by atoms with Crippen molar-refractivity contribution >= 4 is 13.8 Å². The second-order valence-corrected chi connectivity index (χ2v) is 2.01. The third kappa shape index (κ3) is 2.91. The normalized spacial score (nSPS) is 9.91. The standard InChI is InChI=1S/C8H9BO2/c10-9-11-7-6-8-4-2-1-3-5-8/h1-7,9-10H. The van der Waals surface area contributed by atoms with Gasteiger partial charge in [0.1, 0.15) is 0 Å². The molecule has 0 aromatic heterocycles. The van der Waals surface area contributed by atoms with Gasteiger partial charge in [-0.25, -0.2) is 0 Å². The van der Waals surface area contributed by atoms with Gasteiger partial charge in [0.2, 0.25) is 0 Å². The monoisotopic (exact) mass is 148 g/mol. The van der Waals surface area contributed by atoms with Crippen LogP contribution < -0.4 is 0 Å². The van der Waals surface area contributed by atoms with E-state index in [0.29, 0.717) is 0 Å². The third-order valence-corrected chi connectivity index (χ3v) is 1.23. The predicted octanol–water partition coefficient (Wildman–Crippen LogP) is 0.933. The fourth-order valence-electron chi connectivity index (χ4n) is 0.734. The van der Waals surface area contributed by atoms with Gasteiger partial charge in [-0.15, -0.1) is 0 Å². The van der Waals surface area contributed by atoms with Crippen molar-refractivity contribution in [2.75, 3.05) is 0 Å². The molecule has 1 aromatic carbocycles. The Morgan fingerprint density at radius 1 is 1.27 bits per heavy atom. The van der Waals surface area contributed by atoms with Gasteiger partial charge in [-0.1, -0.05) is 30.3 Å². The molecular weight excluding hydrogens is 139 g/mol. The highest BCUT2D eigenvalue weighted by atomic mass is 16.5. The van der Waals surface area contributed by atoms with Crippen LogP contribution in [0.3, 0.4) is 0 Å². The largest absolute Gasteiger partial charge is 0.545 e. The van der Waals surface area contributed by atoms with E-state index in [2.05, 4.69) is 4.65 Å². The molecular formula is C8H9BO2. The lowest BCUT2D eigenvalue weighted by molar-refractivity contribution is 0.408. The highest BCUT2D eigenvalue weighted by molar-refractivity contribution is 6.16. The first kappa shape index (κ1) is 7.89. The van der Waals surface area contributed by atoms with Crippen molar-refractivity contribution in [3.63, 3.8) is 0 Å². The van der Waals surface area contributed by atoms with E-state index in [-0.39, 0.29) is 7.69 Å².